The fourth-order valence-corrected chi connectivity index (χ4v) is 4.58. The van der Waals surface area contributed by atoms with Gasteiger partial charge in [0.1, 0.15) is 11.7 Å². The number of benzene rings is 1. The first-order chi connectivity index (χ1) is 11.3. The Morgan fingerprint density at radius 3 is 2.43 bits per heavy atom. The lowest BCUT2D eigenvalue weighted by Gasteiger charge is -2.24. The van der Waals surface area contributed by atoms with Crippen LogP contribution >= 0.6 is 0 Å². The van der Waals surface area contributed by atoms with Gasteiger partial charge in [-0.3, -0.25) is 0 Å². The summed E-state index contributed by atoms with van der Waals surface area (Å²) in [4.78, 5) is 13.0. The summed E-state index contributed by atoms with van der Waals surface area (Å²) in [7, 11) is 0. The highest BCUT2D eigenvalue weighted by atomic mass is 16.7. The van der Waals surface area contributed by atoms with E-state index < -0.39 is 11.2 Å². The summed E-state index contributed by atoms with van der Waals surface area (Å²) in [6, 6.07) is 10.3. The summed E-state index contributed by atoms with van der Waals surface area (Å²) < 4.78 is 12.2. The van der Waals surface area contributed by atoms with Crippen LogP contribution in [-0.4, -0.2) is 17.7 Å². The molecule has 4 rings (SSSR count). The number of epoxide rings is 1. The Morgan fingerprint density at radius 1 is 0.957 bits per heavy atom. The van der Waals surface area contributed by atoms with Crippen molar-refractivity contribution >= 4 is 5.97 Å². The quantitative estimate of drug-likeness (QED) is 0.609. The molecule has 124 valence electrons. The van der Waals surface area contributed by atoms with Crippen molar-refractivity contribution in [2.75, 3.05) is 0 Å². The minimum absolute atomic E-state index is 0.102. The average Bonchev–Trinajstić information content (AvgIpc) is 3.28. The molecule has 0 bridgehead atoms. The van der Waals surface area contributed by atoms with Crippen LogP contribution in [0.2, 0.25) is 0 Å². The fraction of sp³-hybridized carbons (Fsp3) is 0.650. The smallest absolute Gasteiger partial charge is 0.342 e. The molecule has 3 nitrogen and oxygen atoms in total. The van der Waals surface area contributed by atoms with Crippen molar-refractivity contribution in [3.05, 3.63) is 35.9 Å². The minimum atomic E-state index is -0.720. The number of hydrogen-bond acceptors (Lipinski definition) is 3. The topological polar surface area (TPSA) is 38.8 Å². The third-order valence-corrected chi connectivity index (χ3v) is 5.91. The van der Waals surface area contributed by atoms with Gasteiger partial charge in [-0.1, -0.05) is 49.6 Å². The summed E-state index contributed by atoms with van der Waals surface area (Å²) >= 11 is 0. The number of carbonyl (C=O) groups excluding carboxylic acids is 1. The zero-order chi connectivity index (χ0) is 15.8. The van der Waals surface area contributed by atoms with E-state index >= 15 is 0 Å². The lowest BCUT2D eigenvalue weighted by molar-refractivity contribution is -0.157. The molecule has 0 N–H and O–H groups in total. The van der Waals surface area contributed by atoms with Crippen LogP contribution in [0.4, 0.5) is 0 Å². The van der Waals surface area contributed by atoms with Gasteiger partial charge in [0.2, 0.25) is 0 Å². The Kier molecular flexibility index (Phi) is 3.92. The molecule has 1 heterocycles. The highest BCUT2D eigenvalue weighted by molar-refractivity contribution is 5.85. The van der Waals surface area contributed by atoms with Gasteiger partial charge in [-0.15, -0.1) is 0 Å². The highest BCUT2D eigenvalue weighted by Crippen LogP contribution is 2.63. The van der Waals surface area contributed by atoms with Crippen molar-refractivity contribution in [1.29, 1.82) is 0 Å². The molecule has 1 aromatic carbocycles. The van der Waals surface area contributed by atoms with Crippen LogP contribution in [0.3, 0.4) is 0 Å². The summed E-state index contributed by atoms with van der Waals surface area (Å²) in [6.45, 7) is 0. The first kappa shape index (κ1) is 15.2. The molecule has 0 spiro atoms. The maximum absolute atomic E-state index is 13.0. The number of ether oxygens (including phenoxy) is 2. The van der Waals surface area contributed by atoms with Crippen LogP contribution in [0.5, 0.6) is 0 Å². The van der Waals surface area contributed by atoms with Crippen LogP contribution < -0.4 is 0 Å². The Hall–Kier alpha value is -1.35. The van der Waals surface area contributed by atoms with Crippen LogP contribution in [-0.2, 0) is 19.9 Å². The molecule has 1 saturated heterocycles. The van der Waals surface area contributed by atoms with E-state index in [1.807, 2.05) is 18.2 Å². The van der Waals surface area contributed by atoms with Crippen LogP contribution in [0.15, 0.2) is 30.3 Å². The monoisotopic (exact) mass is 314 g/mol. The number of carbonyl (C=O) groups is 1. The van der Waals surface area contributed by atoms with Crippen LogP contribution in [0.1, 0.15) is 69.8 Å². The van der Waals surface area contributed by atoms with E-state index in [2.05, 4.69) is 12.1 Å². The van der Waals surface area contributed by atoms with Crippen molar-refractivity contribution in [2.24, 2.45) is 0 Å². The van der Waals surface area contributed by atoms with Crippen molar-refractivity contribution < 1.29 is 14.3 Å². The van der Waals surface area contributed by atoms with E-state index in [0.717, 1.165) is 44.1 Å². The van der Waals surface area contributed by atoms with Gasteiger partial charge in [0.25, 0.3) is 0 Å². The normalized spacial score (nSPS) is 34.3. The summed E-state index contributed by atoms with van der Waals surface area (Å²) in [6.07, 6.45) is 10.8. The third kappa shape index (κ3) is 2.50. The van der Waals surface area contributed by atoms with E-state index in [4.69, 9.17) is 9.47 Å². The number of fused-ring (bicyclic) bond motifs is 1. The lowest BCUT2D eigenvalue weighted by atomic mass is 9.82. The molecule has 1 aliphatic heterocycles. The van der Waals surface area contributed by atoms with Crippen LogP contribution in [0, 0.1) is 0 Å². The second-order valence-electron chi connectivity index (χ2n) is 7.35. The Labute approximate surface area is 138 Å². The van der Waals surface area contributed by atoms with E-state index in [-0.39, 0.29) is 12.1 Å². The van der Waals surface area contributed by atoms with Gasteiger partial charge in [-0.2, -0.15) is 0 Å². The zero-order valence-corrected chi connectivity index (χ0v) is 13.8. The van der Waals surface area contributed by atoms with E-state index in [1.54, 1.807) is 0 Å². The predicted octanol–water partition coefficient (Wildman–Crippen LogP) is 4.49. The lowest BCUT2D eigenvalue weighted by Crippen LogP contribution is -2.37. The Morgan fingerprint density at radius 2 is 1.65 bits per heavy atom. The molecule has 2 atom stereocenters. The van der Waals surface area contributed by atoms with Crippen molar-refractivity contribution in [3.8, 4) is 0 Å². The van der Waals surface area contributed by atoms with E-state index in [0.29, 0.717) is 0 Å². The molecular weight excluding hydrogens is 288 g/mol. The molecule has 0 aromatic heterocycles. The molecular formula is C20H26O3. The molecule has 3 heteroatoms. The fourth-order valence-electron chi connectivity index (χ4n) is 4.58. The van der Waals surface area contributed by atoms with Crippen molar-refractivity contribution in [2.45, 2.75) is 81.5 Å². The highest BCUT2D eigenvalue weighted by Gasteiger charge is 2.75. The molecule has 0 amide bonds. The second kappa shape index (κ2) is 5.94. The van der Waals surface area contributed by atoms with Gasteiger partial charge >= 0.3 is 5.97 Å². The van der Waals surface area contributed by atoms with Gasteiger partial charge in [-0.25, -0.2) is 4.79 Å². The number of hydrogen-bond donors (Lipinski definition) is 0. The third-order valence-electron chi connectivity index (χ3n) is 5.91. The Balaban J connectivity index is 1.58. The van der Waals surface area contributed by atoms with E-state index in [1.165, 1.54) is 25.7 Å². The maximum atomic E-state index is 13.0. The molecule has 0 radical (unpaired) electrons. The SMILES string of the molecule is O=C(OC1CCCCC1)C12CCCCCC1(c1ccccc1)O2. The molecule has 3 aliphatic rings. The van der Waals surface area contributed by atoms with Gasteiger partial charge in [0.05, 0.1) is 0 Å². The van der Waals surface area contributed by atoms with Gasteiger partial charge in [-0.05, 0) is 50.5 Å². The second-order valence-corrected chi connectivity index (χ2v) is 7.35. The number of esters is 1. The molecule has 3 fully saturated rings. The summed E-state index contributed by atoms with van der Waals surface area (Å²) in [5.41, 5.74) is -0.0128. The molecule has 2 unspecified atom stereocenters. The molecule has 1 aromatic rings. The first-order valence-corrected chi connectivity index (χ1v) is 9.24. The largest absolute Gasteiger partial charge is 0.460 e. The van der Waals surface area contributed by atoms with Gasteiger partial charge in [0, 0.05) is 0 Å². The zero-order valence-electron chi connectivity index (χ0n) is 13.8. The van der Waals surface area contributed by atoms with Gasteiger partial charge < -0.3 is 9.47 Å². The summed E-state index contributed by atoms with van der Waals surface area (Å²) in [5, 5.41) is 0. The molecule has 2 saturated carbocycles. The van der Waals surface area contributed by atoms with Gasteiger partial charge in [0.15, 0.2) is 5.60 Å². The van der Waals surface area contributed by atoms with E-state index in [9.17, 15) is 4.79 Å². The van der Waals surface area contributed by atoms with Crippen molar-refractivity contribution in [1.82, 2.24) is 0 Å². The average molecular weight is 314 g/mol. The number of rotatable bonds is 3. The van der Waals surface area contributed by atoms with Crippen LogP contribution in [0.25, 0.3) is 0 Å². The van der Waals surface area contributed by atoms with Crippen molar-refractivity contribution in [3.63, 3.8) is 0 Å². The predicted molar refractivity (Wildman–Crippen MR) is 88.0 cm³/mol. The maximum Gasteiger partial charge on any atom is 0.342 e. The Bertz CT molecular complexity index is 564. The molecule has 2 aliphatic carbocycles. The summed E-state index contributed by atoms with van der Waals surface area (Å²) in [5.74, 6) is -0.102. The first-order valence-electron chi connectivity index (χ1n) is 9.24. The molecule has 23 heavy (non-hydrogen) atoms. The minimum Gasteiger partial charge on any atom is -0.460 e. The standard InChI is InChI=1S/C20H26O3/c21-18(22-17-12-6-2-7-13-17)20-15-9-3-8-14-19(20,23-20)16-10-4-1-5-11-16/h1,4-5,10-11,17H,2-3,6-9,12-15H2.